The minimum absolute atomic E-state index is 0.0766. The highest BCUT2D eigenvalue weighted by molar-refractivity contribution is 5.92. The number of nitrogens with zero attached hydrogens (tertiary/aromatic N) is 3. The summed E-state index contributed by atoms with van der Waals surface area (Å²) >= 11 is 0. The van der Waals surface area contributed by atoms with Crippen molar-refractivity contribution in [1.82, 2.24) is 14.9 Å². The Kier molecular flexibility index (Phi) is 8.59. The van der Waals surface area contributed by atoms with Crippen molar-refractivity contribution in [3.63, 3.8) is 0 Å². The van der Waals surface area contributed by atoms with E-state index in [0.717, 1.165) is 31.4 Å². The molecule has 178 valence electrons. The second kappa shape index (κ2) is 11.4. The molecule has 33 heavy (non-hydrogen) atoms. The van der Waals surface area contributed by atoms with Crippen LogP contribution in [0.15, 0.2) is 36.4 Å². The number of carbonyl (C=O) groups excluding carboxylic acids is 2. The summed E-state index contributed by atoms with van der Waals surface area (Å²) in [7, 11) is 0. The van der Waals surface area contributed by atoms with Crippen LogP contribution in [0.25, 0.3) is 0 Å². The van der Waals surface area contributed by atoms with Crippen molar-refractivity contribution in [1.29, 1.82) is 0 Å². The van der Waals surface area contributed by atoms with E-state index >= 15 is 0 Å². The Balaban J connectivity index is 1.67. The van der Waals surface area contributed by atoms with Crippen LogP contribution >= 0.6 is 0 Å². The van der Waals surface area contributed by atoms with E-state index in [1.165, 1.54) is 5.56 Å². The fraction of sp³-hybridized carbons (Fsp3) is 0.556. The fourth-order valence-electron chi connectivity index (χ4n) is 4.68. The molecule has 0 spiro atoms. The number of ether oxygens (including phenoxy) is 1. The summed E-state index contributed by atoms with van der Waals surface area (Å²) in [5.41, 5.74) is 2.11. The molecule has 2 heterocycles. The third kappa shape index (κ3) is 6.62. The second-order valence-corrected chi connectivity index (χ2v) is 9.52. The lowest BCUT2D eigenvalue weighted by molar-refractivity contribution is -0.159. The summed E-state index contributed by atoms with van der Waals surface area (Å²) in [6, 6.07) is 12.2. The first kappa shape index (κ1) is 24.9. The van der Waals surface area contributed by atoms with Crippen LogP contribution in [0.5, 0.6) is 0 Å². The number of hydrogen-bond acceptors (Lipinski definition) is 5. The van der Waals surface area contributed by atoms with Crippen LogP contribution in [-0.4, -0.2) is 46.4 Å². The van der Waals surface area contributed by atoms with E-state index in [9.17, 15) is 9.59 Å². The van der Waals surface area contributed by atoms with Crippen LogP contribution < -0.4 is 0 Å². The van der Waals surface area contributed by atoms with E-state index in [0.29, 0.717) is 50.0 Å². The van der Waals surface area contributed by atoms with Gasteiger partial charge >= 0.3 is 5.97 Å². The molecule has 0 unspecified atom stereocenters. The smallest absolute Gasteiger partial charge is 0.312 e. The average Bonchev–Trinajstić information content (AvgIpc) is 2.79. The largest absolute Gasteiger partial charge is 0.466 e. The third-order valence-electron chi connectivity index (χ3n) is 6.41. The number of hydrogen-bond donors (Lipinski definition) is 0. The molecule has 1 aromatic carbocycles. The van der Waals surface area contributed by atoms with Crippen LogP contribution in [0.2, 0.25) is 0 Å². The van der Waals surface area contributed by atoms with Crippen molar-refractivity contribution >= 4 is 11.9 Å². The standard InChI is InChI=1S/C27H37N3O3/c1-5-33-26(32)27(13-9-12-22-10-7-6-8-11-22)14-16-30(17-15-27)25(31)24-19-23(18-20(2)3)28-21(4)29-24/h6-8,10-11,19-20H,5,9,12-18H2,1-4H3. The van der Waals surface area contributed by atoms with Gasteiger partial charge in [-0.25, -0.2) is 9.97 Å². The molecule has 0 saturated carbocycles. The SMILES string of the molecule is CCOC(=O)C1(CCCc2ccccc2)CCN(C(=O)c2cc(CC(C)C)nc(C)n2)CC1. The van der Waals surface area contributed by atoms with E-state index in [2.05, 4.69) is 35.9 Å². The number of piperidine rings is 1. The van der Waals surface area contributed by atoms with Gasteiger partial charge in [0.2, 0.25) is 0 Å². The van der Waals surface area contributed by atoms with Crippen LogP contribution in [0.3, 0.4) is 0 Å². The van der Waals surface area contributed by atoms with Gasteiger partial charge in [0.1, 0.15) is 11.5 Å². The highest BCUT2D eigenvalue weighted by Gasteiger charge is 2.43. The molecule has 1 aliphatic heterocycles. The van der Waals surface area contributed by atoms with Gasteiger partial charge in [-0.2, -0.15) is 0 Å². The van der Waals surface area contributed by atoms with E-state index < -0.39 is 5.41 Å². The molecule has 1 aromatic heterocycles. The van der Waals surface area contributed by atoms with Gasteiger partial charge in [0.05, 0.1) is 12.0 Å². The monoisotopic (exact) mass is 451 g/mol. The lowest BCUT2D eigenvalue weighted by atomic mass is 9.74. The summed E-state index contributed by atoms with van der Waals surface area (Å²) in [6.45, 7) is 9.39. The van der Waals surface area contributed by atoms with Gasteiger partial charge in [0.25, 0.3) is 5.91 Å². The van der Waals surface area contributed by atoms with Gasteiger partial charge in [0.15, 0.2) is 0 Å². The lowest BCUT2D eigenvalue weighted by Gasteiger charge is -2.40. The minimum Gasteiger partial charge on any atom is -0.466 e. The molecular formula is C27H37N3O3. The Labute approximate surface area is 197 Å². The molecule has 1 amide bonds. The Bertz CT molecular complexity index is 935. The first-order valence-electron chi connectivity index (χ1n) is 12.2. The fourth-order valence-corrected chi connectivity index (χ4v) is 4.68. The number of likely N-dealkylation sites (tertiary alicyclic amines) is 1. The maximum absolute atomic E-state index is 13.2. The van der Waals surface area contributed by atoms with E-state index in [1.807, 2.05) is 43.0 Å². The molecule has 2 aromatic rings. The molecule has 0 N–H and O–H groups in total. The van der Waals surface area contributed by atoms with Gasteiger partial charge < -0.3 is 9.64 Å². The number of benzene rings is 1. The third-order valence-corrected chi connectivity index (χ3v) is 6.41. The molecule has 1 fully saturated rings. The summed E-state index contributed by atoms with van der Waals surface area (Å²) < 4.78 is 5.47. The van der Waals surface area contributed by atoms with Crippen LogP contribution in [-0.2, 0) is 22.4 Å². The van der Waals surface area contributed by atoms with Gasteiger partial charge in [-0.15, -0.1) is 0 Å². The number of aromatic nitrogens is 2. The number of rotatable bonds is 9. The molecule has 0 radical (unpaired) electrons. The summed E-state index contributed by atoms with van der Waals surface area (Å²) in [5.74, 6) is 0.878. The van der Waals surface area contributed by atoms with Gasteiger partial charge in [-0.1, -0.05) is 44.2 Å². The number of amides is 1. The molecule has 0 bridgehead atoms. The summed E-state index contributed by atoms with van der Waals surface area (Å²) in [6.07, 6.45) is 4.68. The second-order valence-electron chi connectivity index (χ2n) is 9.52. The molecule has 0 atom stereocenters. The topological polar surface area (TPSA) is 72.4 Å². The van der Waals surface area contributed by atoms with Crippen molar-refractivity contribution < 1.29 is 14.3 Å². The van der Waals surface area contributed by atoms with Crippen LogP contribution in [0.1, 0.15) is 74.0 Å². The van der Waals surface area contributed by atoms with Gasteiger partial charge in [0, 0.05) is 18.8 Å². The molecule has 0 aliphatic carbocycles. The molecular weight excluding hydrogens is 414 g/mol. The van der Waals surface area contributed by atoms with Crippen molar-refractivity contribution in [2.75, 3.05) is 19.7 Å². The Morgan fingerprint density at radius 1 is 1.12 bits per heavy atom. The number of esters is 1. The van der Waals surface area contributed by atoms with E-state index in [1.54, 1.807) is 0 Å². The quantitative estimate of drug-likeness (QED) is 0.513. The molecule has 6 nitrogen and oxygen atoms in total. The maximum Gasteiger partial charge on any atom is 0.312 e. The molecule has 1 saturated heterocycles. The molecule has 3 rings (SSSR count). The normalized spacial score (nSPS) is 15.5. The van der Waals surface area contributed by atoms with Crippen molar-refractivity contribution in [2.45, 2.75) is 66.2 Å². The van der Waals surface area contributed by atoms with Crippen LogP contribution in [0.4, 0.5) is 0 Å². The highest BCUT2D eigenvalue weighted by atomic mass is 16.5. The Morgan fingerprint density at radius 2 is 1.82 bits per heavy atom. The van der Waals surface area contributed by atoms with Gasteiger partial charge in [-0.3, -0.25) is 9.59 Å². The van der Waals surface area contributed by atoms with E-state index in [-0.39, 0.29) is 11.9 Å². The van der Waals surface area contributed by atoms with Crippen molar-refractivity contribution in [2.24, 2.45) is 11.3 Å². The first-order chi connectivity index (χ1) is 15.8. The zero-order chi connectivity index (χ0) is 23.8. The molecule has 1 aliphatic rings. The summed E-state index contributed by atoms with van der Waals surface area (Å²) in [4.78, 5) is 36.9. The van der Waals surface area contributed by atoms with E-state index in [4.69, 9.17) is 4.74 Å². The number of aryl methyl sites for hydroxylation is 2. The van der Waals surface area contributed by atoms with Crippen LogP contribution in [0, 0.1) is 18.3 Å². The predicted molar refractivity (Wildman–Crippen MR) is 129 cm³/mol. The lowest BCUT2D eigenvalue weighted by Crippen LogP contribution is -2.47. The zero-order valence-corrected chi connectivity index (χ0v) is 20.5. The average molecular weight is 452 g/mol. The molecule has 6 heteroatoms. The number of carbonyl (C=O) groups is 2. The first-order valence-corrected chi connectivity index (χ1v) is 12.2. The Morgan fingerprint density at radius 3 is 2.45 bits per heavy atom. The zero-order valence-electron chi connectivity index (χ0n) is 20.5. The minimum atomic E-state index is -0.522. The summed E-state index contributed by atoms with van der Waals surface area (Å²) in [5, 5.41) is 0. The maximum atomic E-state index is 13.2. The van der Waals surface area contributed by atoms with Gasteiger partial charge in [-0.05, 0) is 69.9 Å². The highest BCUT2D eigenvalue weighted by Crippen LogP contribution is 2.38. The Hall–Kier alpha value is -2.76. The van der Waals surface area contributed by atoms with Crippen molar-refractivity contribution in [3.05, 3.63) is 59.2 Å². The predicted octanol–water partition coefficient (Wildman–Crippen LogP) is 4.79. The van der Waals surface area contributed by atoms with Crippen molar-refractivity contribution in [3.8, 4) is 0 Å².